The number of carbonyl (C=O) groups excluding carboxylic acids is 1. The van der Waals surface area contributed by atoms with E-state index in [0.717, 1.165) is 36.9 Å². The zero-order valence-electron chi connectivity index (χ0n) is 13.2. The maximum absolute atomic E-state index is 12.3. The summed E-state index contributed by atoms with van der Waals surface area (Å²) in [5, 5.41) is 15.4. The van der Waals surface area contributed by atoms with Crippen LogP contribution >= 0.6 is 0 Å². The Hall–Kier alpha value is -1.55. The number of carbonyl (C=O) groups is 1. The van der Waals surface area contributed by atoms with Gasteiger partial charge in [-0.3, -0.25) is 0 Å². The normalized spacial score (nSPS) is 17.1. The summed E-state index contributed by atoms with van der Waals surface area (Å²) in [5.41, 5.74) is 2.68. The number of anilines is 1. The van der Waals surface area contributed by atoms with Crippen molar-refractivity contribution in [3.8, 4) is 0 Å². The van der Waals surface area contributed by atoms with Gasteiger partial charge in [0.15, 0.2) is 0 Å². The lowest BCUT2D eigenvalue weighted by atomic mass is 9.97. The first kappa shape index (κ1) is 15.8. The number of nitrogens with one attached hydrogen (secondary N) is 2. The van der Waals surface area contributed by atoms with Gasteiger partial charge in [-0.05, 0) is 55.7 Å². The van der Waals surface area contributed by atoms with Crippen molar-refractivity contribution >= 4 is 11.7 Å². The van der Waals surface area contributed by atoms with E-state index in [9.17, 15) is 9.90 Å². The zero-order chi connectivity index (χ0) is 15.5. The van der Waals surface area contributed by atoms with E-state index in [0.29, 0.717) is 5.92 Å². The average molecular weight is 290 g/mol. The van der Waals surface area contributed by atoms with E-state index in [-0.39, 0.29) is 12.6 Å². The van der Waals surface area contributed by atoms with Crippen molar-refractivity contribution in [3.05, 3.63) is 29.3 Å². The van der Waals surface area contributed by atoms with E-state index in [1.807, 2.05) is 13.0 Å². The fourth-order valence-electron chi connectivity index (χ4n) is 2.67. The molecule has 21 heavy (non-hydrogen) atoms. The maximum atomic E-state index is 12.3. The summed E-state index contributed by atoms with van der Waals surface area (Å²) in [6, 6.07) is 5.97. The molecule has 0 aliphatic heterocycles. The molecule has 3 N–H and O–H groups in total. The van der Waals surface area contributed by atoms with Crippen LogP contribution in [0.1, 0.15) is 44.7 Å². The van der Waals surface area contributed by atoms with Gasteiger partial charge in [-0.25, -0.2) is 4.79 Å². The molecule has 2 amide bonds. The Bertz CT molecular complexity index is 512. The molecule has 1 atom stereocenters. The summed E-state index contributed by atoms with van der Waals surface area (Å²) in [6.45, 7) is 6.06. The van der Waals surface area contributed by atoms with Gasteiger partial charge in [0.1, 0.15) is 0 Å². The van der Waals surface area contributed by atoms with E-state index in [2.05, 4.69) is 36.6 Å². The fraction of sp³-hybridized carbons (Fsp3) is 0.588. The third-order valence-electron chi connectivity index (χ3n) is 4.42. The van der Waals surface area contributed by atoms with E-state index in [4.69, 9.17) is 0 Å². The molecule has 1 fully saturated rings. The van der Waals surface area contributed by atoms with Crippen LogP contribution in [0, 0.1) is 5.92 Å². The average Bonchev–Trinajstić information content (AvgIpc) is 3.31. The molecule has 1 aromatic carbocycles. The second kappa shape index (κ2) is 6.48. The smallest absolute Gasteiger partial charge is 0.319 e. The number of benzene rings is 1. The highest BCUT2D eigenvalue weighted by Gasteiger charge is 2.42. The van der Waals surface area contributed by atoms with Crippen molar-refractivity contribution in [1.82, 2.24) is 5.32 Å². The summed E-state index contributed by atoms with van der Waals surface area (Å²) < 4.78 is 0. The fourth-order valence-corrected chi connectivity index (χ4v) is 2.67. The Morgan fingerprint density at radius 3 is 2.57 bits per heavy atom. The zero-order valence-corrected chi connectivity index (χ0v) is 13.2. The van der Waals surface area contributed by atoms with Crippen LogP contribution in [0.3, 0.4) is 0 Å². The van der Waals surface area contributed by atoms with Gasteiger partial charge in [-0.2, -0.15) is 0 Å². The van der Waals surface area contributed by atoms with E-state index < -0.39 is 5.54 Å². The van der Waals surface area contributed by atoms with Gasteiger partial charge in [-0.1, -0.05) is 26.0 Å². The van der Waals surface area contributed by atoms with Crippen molar-refractivity contribution in [1.29, 1.82) is 0 Å². The molecule has 2 rings (SSSR count). The summed E-state index contributed by atoms with van der Waals surface area (Å²) in [7, 11) is 0. The molecule has 1 aliphatic rings. The summed E-state index contributed by atoms with van der Waals surface area (Å²) in [5.74, 6) is 0.390. The Morgan fingerprint density at radius 2 is 2.05 bits per heavy atom. The van der Waals surface area contributed by atoms with E-state index in [1.54, 1.807) is 0 Å². The third-order valence-corrected chi connectivity index (χ3v) is 4.42. The quantitative estimate of drug-likeness (QED) is 0.754. The molecule has 1 aromatic rings. The topological polar surface area (TPSA) is 61.4 Å². The molecular weight excluding hydrogens is 264 g/mol. The van der Waals surface area contributed by atoms with Gasteiger partial charge in [-0.15, -0.1) is 0 Å². The Morgan fingerprint density at radius 1 is 1.33 bits per heavy atom. The number of amides is 2. The van der Waals surface area contributed by atoms with Crippen LogP contribution in [0.4, 0.5) is 10.5 Å². The molecule has 0 saturated heterocycles. The molecule has 1 aliphatic carbocycles. The monoisotopic (exact) mass is 290 g/mol. The molecule has 1 unspecified atom stereocenters. The molecule has 0 bridgehead atoms. The first-order valence-electron chi connectivity index (χ1n) is 7.84. The lowest BCUT2D eigenvalue weighted by molar-refractivity contribution is 0.159. The number of hydrogen-bond acceptors (Lipinski definition) is 2. The molecule has 0 spiro atoms. The second-order valence-electron chi connectivity index (χ2n) is 6.13. The van der Waals surface area contributed by atoms with Crippen LogP contribution in [0.15, 0.2) is 18.2 Å². The van der Waals surface area contributed by atoms with Crippen molar-refractivity contribution < 1.29 is 9.90 Å². The number of aliphatic hydroxyl groups excluding tert-OH is 1. The van der Waals surface area contributed by atoms with Crippen molar-refractivity contribution in [2.24, 2.45) is 5.92 Å². The Labute approximate surface area is 126 Å². The first-order chi connectivity index (χ1) is 10.0. The molecule has 4 nitrogen and oxygen atoms in total. The van der Waals surface area contributed by atoms with Crippen LogP contribution in [0.5, 0.6) is 0 Å². The SMILES string of the molecule is CCc1ccc(CC)c(NC(=O)NC(C)(CO)C2CC2)c1. The van der Waals surface area contributed by atoms with Gasteiger partial charge in [0.2, 0.25) is 0 Å². The molecule has 0 heterocycles. The van der Waals surface area contributed by atoms with Crippen molar-refractivity contribution in [3.63, 3.8) is 0 Å². The van der Waals surface area contributed by atoms with E-state index >= 15 is 0 Å². The van der Waals surface area contributed by atoms with Crippen LogP contribution in [0.2, 0.25) is 0 Å². The lowest BCUT2D eigenvalue weighted by Crippen LogP contribution is -2.52. The van der Waals surface area contributed by atoms with Gasteiger partial charge in [0, 0.05) is 5.69 Å². The minimum atomic E-state index is -0.515. The summed E-state index contributed by atoms with van der Waals surface area (Å²) >= 11 is 0. The summed E-state index contributed by atoms with van der Waals surface area (Å²) in [4.78, 5) is 12.3. The Kier molecular flexibility index (Phi) is 4.88. The first-order valence-corrected chi connectivity index (χ1v) is 7.84. The largest absolute Gasteiger partial charge is 0.394 e. The lowest BCUT2D eigenvalue weighted by Gasteiger charge is -2.29. The third kappa shape index (κ3) is 3.76. The molecule has 0 aromatic heterocycles. The highest BCUT2D eigenvalue weighted by molar-refractivity contribution is 5.90. The predicted molar refractivity (Wildman–Crippen MR) is 85.6 cm³/mol. The highest BCUT2D eigenvalue weighted by Crippen LogP contribution is 2.39. The number of rotatable bonds is 6. The molecule has 1 saturated carbocycles. The van der Waals surface area contributed by atoms with Crippen LogP contribution in [-0.4, -0.2) is 23.3 Å². The minimum absolute atomic E-state index is 0.0271. The van der Waals surface area contributed by atoms with E-state index in [1.165, 1.54) is 5.56 Å². The van der Waals surface area contributed by atoms with Crippen molar-refractivity contribution in [2.75, 3.05) is 11.9 Å². The highest BCUT2D eigenvalue weighted by atomic mass is 16.3. The molecule has 0 radical (unpaired) electrons. The standard InChI is InChI=1S/C17H26N2O2/c1-4-12-6-7-13(5-2)15(10-12)18-16(21)19-17(3,11-20)14-8-9-14/h6-7,10,14,20H,4-5,8-9,11H2,1-3H3,(H2,18,19,21). The minimum Gasteiger partial charge on any atom is -0.394 e. The molecule has 4 heteroatoms. The van der Waals surface area contributed by atoms with Gasteiger partial charge < -0.3 is 15.7 Å². The summed E-state index contributed by atoms with van der Waals surface area (Å²) in [6.07, 6.45) is 3.96. The molecular formula is C17H26N2O2. The predicted octanol–water partition coefficient (Wildman–Crippen LogP) is 3.09. The van der Waals surface area contributed by atoms with Crippen LogP contribution < -0.4 is 10.6 Å². The Balaban J connectivity index is 2.08. The molecule has 116 valence electrons. The second-order valence-corrected chi connectivity index (χ2v) is 6.13. The van der Waals surface area contributed by atoms with Crippen LogP contribution in [-0.2, 0) is 12.8 Å². The van der Waals surface area contributed by atoms with Gasteiger partial charge in [0.25, 0.3) is 0 Å². The number of aliphatic hydroxyl groups is 1. The number of aryl methyl sites for hydroxylation is 2. The number of hydrogen-bond donors (Lipinski definition) is 3. The van der Waals surface area contributed by atoms with Crippen molar-refractivity contribution in [2.45, 2.75) is 52.0 Å². The maximum Gasteiger partial charge on any atom is 0.319 e. The number of urea groups is 1. The van der Waals surface area contributed by atoms with Gasteiger partial charge in [0.05, 0.1) is 12.1 Å². The van der Waals surface area contributed by atoms with Crippen LogP contribution in [0.25, 0.3) is 0 Å². The van der Waals surface area contributed by atoms with Gasteiger partial charge >= 0.3 is 6.03 Å².